The molecular formula is C12H18N4O2S. The van der Waals surface area contributed by atoms with Crippen molar-refractivity contribution in [3.8, 4) is 0 Å². The molecule has 6 nitrogen and oxygen atoms in total. The lowest BCUT2D eigenvalue weighted by molar-refractivity contribution is 0.0700. The smallest absolute Gasteiger partial charge is 0.295 e. The molecule has 3 rings (SSSR count). The van der Waals surface area contributed by atoms with Crippen molar-refractivity contribution in [2.24, 2.45) is 0 Å². The van der Waals surface area contributed by atoms with Crippen LogP contribution in [0.1, 0.15) is 42.3 Å². The number of rotatable bonds is 2. The van der Waals surface area contributed by atoms with Gasteiger partial charge in [0.25, 0.3) is 11.7 Å². The molecule has 2 saturated heterocycles. The summed E-state index contributed by atoms with van der Waals surface area (Å²) in [6.07, 6.45) is 2.10. The number of hydrogen-bond acceptors (Lipinski definition) is 6. The maximum Gasteiger partial charge on any atom is 0.295 e. The number of thioether (sulfide) groups is 1. The van der Waals surface area contributed by atoms with Gasteiger partial charge in [-0.1, -0.05) is 5.16 Å². The first-order valence-corrected chi connectivity index (χ1v) is 7.87. The van der Waals surface area contributed by atoms with Gasteiger partial charge >= 0.3 is 0 Å². The first kappa shape index (κ1) is 12.9. The van der Waals surface area contributed by atoms with Crippen molar-refractivity contribution in [3.05, 3.63) is 11.7 Å². The third-order valence-corrected chi connectivity index (χ3v) is 4.81. The molecule has 1 aromatic heterocycles. The highest BCUT2D eigenvalue weighted by Crippen LogP contribution is 2.22. The zero-order valence-corrected chi connectivity index (χ0v) is 11.8. The predicted octanol–water partition coefficient (Wildman–Crippen LogP) is 1.07. The molecule has 1 N–H and O–H groups in total. The average Bonchev–Trinajstić information content (AvgIpc) is 3.09. The fourth-order valence-electron chi connectivity index (χ4n) is 2.52. The lowest BCUT2D eigenvalue weighted by Gasteiger charge is -2.31. The second kappa shape index (κ2) is 5.50. The maximum atomic E-state index is 12.3. The van der Waals surface area contributed by atoms with E-state index in [1.54, 1.807) is 0 Å². The van der Waals surface area contributed by atoms with Gasteiger partial charge in [0.1, 0.15) is 0 Å². The standard InChI is InChI=1S/C12H18N4O2S/c1-8-7-19-6-5-16(8)12(17)10-14-11(18-15-10)9-3-2-4-13-9/h8-9,13H,2-7H2,1H3. The van der Waals surface area contributed by atoms with Gasteiger partial charge in [-0.3, -0.25) is 4.79 Å². The van der Waals surface area contributed by atoms with E-state index in [-0.39, 0.29) is 23.8 Å². The van der Waals surface area contributed by atoms with Crippen LogP contribution in [0.3, 0.4) is 0 Å². The minimum atomic E-state index is -0.110. The molecule has 0 radical (unpaired) electrons. The zero-order chi connectivity index (χ0) is 13.2. The van der Waals surface area contributed by atoms with Crippen molar-refractivity contribution >= 4 is 17.7 Å². The molecule has 2 aliphatic rings. The Morgan fingerprint density at radius 3 is 3.21 bits per heavy atom. The second-order valence-corrected chi connectivity index (χ2v) is 6.18. The zero-order valence-electron chi connectivity index (χ0n) is 11.0. The van der Waals surface area contributed by atoms with Gasteiger partial charge in [-0.05, 0) is 26.3 Å². The highest BCUT2D eigenvalue weighted by Gasteiger charge is 2.29. The summed E-state index contributed by atoms with van der Waals surface area (Å²) in [5.74, 6) is 2.58. The number of hydrogen-bond donors (Lipinski definition) is 1. The van der Waals surface area contributed by atoms with Gasteiger partial charge in [0.2, 0.25) is 5.89 Å². The molecule has 104 valence electrons. The number of carbonyl (C=O) groups is 1. The maximum absolute atomic E-state index is 12.3. The molecule has 2 unspecified atom stereocenters. The number of carbonyl (C=O) groups excluding carboxylic acids is 1. The van der Waals surface area contributed by atoms with Gasteiger partial charge in [-0.15, -0.1) is 0 Å². The molecule has 0 saturated carbocycles. The van der Waals surface area contributed by atoms with Crippen LogP contribution in [0.2, 0.25) is 0 Å². The summed E-state index contributed by atoms with van der Waals surface area (Å²) in [6.45, 7) is 3.79. The minimum absolute atomic E-state index is 0.110. The SMILES string of the molecule is CC1CSCCN1C(=O)c1noc(C2CCCN2)n1. The fourth-order valence-corrected chi connectivity index (χ4v) is 3.53. The van der Waals surface area contributed by atoms with Crippen LogP contribution in [0.15, 0.2) is 4.52 Å². The summed E-state index contributed by atoms with van der Waals surface area (Å²) in [7, 11) is 0. The Morgan fingerprint density at radius 2 is 2.47 bits per heavy atom. The topological polar surface area (TPSA) is 71.3 Å². The molecule has 0 bridgehead atoms. The Morgan fingerprint density at radius 1 is 1.58 bits per heavy atom. The Bertz CT molecular complexity index is 458. The largest absolute Gasteiger partial charge is 0.337 e. The van der Waals surface area contributed by atoms with Gasteiger partial charge < -0.3 is 14.7 Å². The van der Waals surface area contributed by atoms with Crippen LogP contribution in [0, 0.1) is 0 Å². The molecule has 7 heteroatoms. The van der Waals surface area contributed by atoms with Crippen LogP contribution in [0.5, 0.6) is 0 Å². The van der Waals surface area contributed by atoms with E-state index in [0.29, 0.717) is 5.89 Å². The first-order chi connectivity index (χ1) is 9.25. The predicted molar refractivity (Wildman–Crippen MR) is 72.1 cm³/mol. The normalized spacial score (nSPS) is 27.7. The van der Waals surface area contributed by atoms with Crippen molar-refractivity contribution in [3.63, 3.8) is 0 Å². The van der Waals surface area contributed by atoms with Crippen LogP contribution in [0.25, 0.3) is 0 Å². The summed E-state index contributed by atoms with van der Waals surface area (Å²) in [5, 5.41) is 7.14. The van der Waals surface area contributed by atoms with Crippen LogP contribution in [-0.4, -0.2) is 51.6 Å². The van der Waals surface area contributed by atoms with Gasteiger partial charge in [0.05, 0.1) is 6.04 Å². The molecule has 0 aromatic carbocycles. The van der Waals surface area contributed by atoms with Crippen molar-refractivity contribution in [1.29, 1.82) is 0 Å². The summed E-state index contributed by atoms with van der Waals surface area (Å²) in [4.78, 5) is 18.5. The fraction of sp³-hybridized carbons (Fsp3) is 0.750. The Labute approximate surface area is 116 Å². The number of nitrogens with one attached hydrogen (secondary N) is 1. The Balaban J connectivity index is 1.72. The van der Waals surface area contributed by atoms with Crippen LogP contribution in [0.4, 0.5) is 0 Å². The van der Waals surface area contributed by atoms with E-state index in [1.807, 2.05) is 16.7 Å². The highest BCUT2D eigenvalue weighted by atomic mass is 32.2. The minimum Gasteiger partial charge on any atom is -0.337 e. The van der Waals surface area contributed by atoms with Crippen LogP contribution >= 0.6 is 11.8 Å². The molecule has 19 heavy (non-hydrogen) atoms. The average molecular weight is 282 g/mol. The van der Waals surface area contributed by atoms with Crippen molar-refractivity contribution in [1.82, 2.24) is 20.4 Å². The molecule has 2 aliphatic heterocycles. The highest BCUT2D eigenvalue weighted by molar-refractivity contribution is 7.99. The van der Waals surface area contributed by atoms with Gasteiger partial charge in [0, 0.05) is 24.1 Å². The molecule has 0 spiro atoms. The second-order valence-electron chi connectivity index (χ2n) is 5.03. The number of nitrogens with zero attached hydrogens (tertiary/aromatic N) is 3. The summed E-state index contributed by atoms with van der Waals surface area (Å²) < 4.78 is 5.22. The van der Waals surface area contributed by atoms with Crippen LogP contribution < -0.4 is 5.32 Å². The monoisotopic (exact) mass is 282 g/mol. The molecule has 1 amide bonds. The quantitative estimate of drug-likeness (QED) is 0.875. The molecule has 0 aliphatic carbocycles. The van der Waals surface area contributed by atoms with E-state index >= 15 is 0 Å². The molecule has 1 aromatic rings. The lowest BCUT2D eigenvalue weighted by atomic mass is 10.2. The van der Waals surface area contributed by atoms with Crippen LogP contribution in [-0.2, 0) is 0 Å². The lowest BCUT2D eigenvalue weighted by Crippen LogP contribution is -2.44. The Kier molecular flexibility index (Phi) is 3.74. The molecular weight excluding hydrogens is 264 g/mol. The van der Waals surface area contributed by atoms with E-state index in [9.17, 15) is 4.79 Å². The summed E-state index contributed by atoms with van der Waals surface area (Å²) in [5.41, 5.74) is 0. The molecule has 3 heterocycles. The Hall–Kier alpha value is -1.08. The van der Waals surface area contributed by atoms with E-state index in [4.69, 9.17) is 4.52 Å². The third kappa shape index (κ3) is 2.62. The van der Waals surface area contributed by atoms with Gasteiger partial charge in [-0.25, -0.2) is 0 Å². The van der Waals surface area contributed by atoms with E-state index < -0.39 is 0 Å². The summed E-state index contributed by atoms with van der Waals surface area (Å²) >= 11 is 1.88. The van der Waals surface area contributed by atoms with E-state index in [1.165, 1.54) is 0 Å². The van der Waals surface area contributed by atoms with Gasteiger partial charge in [0.15, 0.2) is 0 Å². The number of aromatic nitrogens is 2. The summed E-state index contributed by atoms with van der Waals surface area (Å²) in [6, 6.07) is 0.348. The van der Waals surface area contributed by atoms with Crippen molar-refractivity contribution in [2.75, 3.05) is 24.6 Å². The van der Waals surface area contributed by atoms with Crippen molar-refractivity contribution in [2.45, 2.75) is 31.8 Å². The first-order valence-electron chi connectivity index (χ1n) is 6.71. The van der Waals surface area contributed by atoms with E-state index in [2.05, 4.69) is 22.4 Å². The van der Waals surface area contributed by atoms with Crippen molar-refractivity contribution < 1.29 is 9.32 Å². The van der Waals surface area contributed by atoms with Gasteiger partial charge in [-0.2, -0.15) is 16.7 Å². The van der Waals surface area contributed by atoms with E-state index in [0.717, 1.165) is 37.4 Å². The number of amides is 1. The molecule has 2 atom stereocenters. The molecule has 2 fully saturated rings. The third-order valence-electron chi connectivity index (χ3n) is 3.62.